The van der Waals surface area contributed by atoms with Gasteiger partial charge in [0.25, 0.3) is 0 Å². The summed E-state index contributed by atoms with van der Waals surface area (Å²) in [6, 6.07) is -1.50. The lowest BCUT2D eigenvalue weighted by atomic mass is 10.0. The molecule has 0 saturated carbocycles. The van der Waals surface area contributed by atoms with Crippen LogP contribution in [0.5, 0.6) is 0 Å². The summed E-state index contributed by atoms with van der Waals surface area (Å²) >= 11 is 28.6. The summed E-state index contributed by atoms with van der Waals surface area (Å²) in [5.41, 5.74) is 1.84. The van der Waals surface area contributed by atoms with Crippen LogP contribution >= 0.6 is 55.4 Å². The maximum absolute atomic E-state index is 5.80. The first-order chi connectivity index (χ1) is 21.2. The molecule has 0 aliphatic heterocycles. The van der Waals surface area contributed by atoms with E-state index in [4.69, 9.17) is 55.4 Å². The van der Waals surface area contributed by atoms with E-state index >= 15 is 0 Å². The van der Waals surface area contributed by atoms with E-state index in [2.05, 4.69) is 52.4 Å². The Morgan fingerprint density at radius 3 is 1.02 bits per heavy atom. The van der Waals surface area contributed by atoms with Crippen molar-refractivity contribution in [2.75, 3.05) is 20.1 Å². The molecule has 0 radical (unpaired) electrons. The van der Waals surface area contributed by atoms with Crippen molar-refractivity contribution in [3.05, 3.63) is 12.3 Å². The van der Waals surface area contributed by atoms with Crippen LogP contribution in [0, 0.1) is 0 Å². The molecule has 0 fully saturated rings. The molecule has 0 aromatic heterocycles. The molecule has 0 aromatic carbocycles. The molecule has 0 bridgehead atoms. The predicted molar refractivity (Wildman–Crippen MR) is 227 cm³/mol. The summed E-state index contributed by atoms with van der Waals surface area (Å²) in [5, 5.41) is 0. The summed E-state index contributed by atoms with van der Waals surface area (Å²) in [7, 11) is 0.163. The van der Waals surface area contributed by atoms with Gasteiger partial charge in [0.1, 0.15) is 8.11 Å². The van der Waals surface area contributed by atoms with Crippen molar-refractivity contribution < 1.29 is 0 Å². The minimum absolute atomic E-state index is 0.667. The molecule has 0 aliphatic rings. The number of hydrogen-bond donors (Lipinski definition) is 0. The van der Waals surface area contributed by atoms with E-state index < -0.39 is 21.5 Å². The summed E-state index contributed by atoms with van der Waals surface area (Å²) in [5.74, 6) is 0. The number of rotatable bonds is 27. The van der Waals surface area contributed by atoms with Gasteiger partial charge in [-0.1, -0.05) is 194 Å². The maximum atomic E-state index is 5.80. The standard InChI is InChI=1S/C19H41N.C11H23Cl3Si.C4H9ClSi.C2H7ClSi/c1-4-6-7-8-9-10-11-12-13-14-15-16-17-18-19-20(3)5-2;1-2-3-4-5-6-7-8-9-10-11-15(12,13)14;1-4-6(2,3)5;1-4(2)3/h4-19H2,1-3H3;2-11H2,1H3;4H,1H2,2-3H3;4H,1-2H3. The van der Waals surface area contributed by atoms with Crippen LogP contribution in [0.4, 0.5) is 0 Å². The maximum Gasteiger partial charge on any atom is 0.341 e. The lowest BCUT2D eigenvalue weighted by Crippen LogP contribution is -2.18. The smallest absolute Gasteiger partial charge is 0.307 e. The fourth-order valence-electron chi connectivity index (χ4n) is 4.37. The molecular weight excluding hydrogens is 708 g/mol. The minimum Gasteiger partial charge on any atom is -0.307 e. The van der Waals surface area contributed by atoms with Crippen LogP contribution < -0.4 is 0 Å². The van der Waals surface area contributed by atoms with Gasteiger partial charge in [-0.25, -0.2) is 0 Å². The third-order valence-electron chi connectivity index (χ3n) is 7.48. The normalized spacial score (nSPS) is 11.4. The number of nitrogens with zero attached hydrogens (tertiary/aromatic N) is 1. The zero-order valence-corrected chi connectivity index (χ0v) is 38.5. The SMILES string of the molecule is C=C[Si](C)(C)Cl.CCCCCCCCCCCCCCCCN(C)CC.CCCCCCCCCCC[Si](Cl)(Cl)Cl.C[SiH](C)Cl. The summed E-state index contributed by atoms with van der Waals surface area (Å²) in [6.07, 6.45) is 32.2. The minimum atomic E-state index is -2.33. The molecule has 45 heavy (non-hydrogen) atoms. The largest absolute Gasteiger partial charge is 0.341 e. The van der Waals surface area contributed by atoms with Crippen LogP contribution in [0.15, 0.2) is 12.3 Å². The Bertz CT molecular complexity index is 541. The summed E-state index contributed by atoms with van der Waals surface area (Å²) < 4.78 is 0. The number of halogens is 5. The molecule has 0 atom stereocenters. The van der Waals surface area contributed by atoms with Gasteiger partial charge < -0.3 is 4.90 Å². The second-order valence-electron chi connectivity index (χ2n) is 13.5. The highest BCUT2D eigenvalue weighted by molar-refractivity contribution is 7.64. The molecular formula is C36H80Cl5NSi3. The van der Waals surface area contributed by atoms with Crippen molar-refractivity contribution in [3.63, 3.8) is 0 Å². The fourth-order valence-corrected chi connectivity index (χ4v) is 6.22. The zero-order chi connectivity index (χ0) is 35.2. The van der Waals surface area contributed by atoms with Crippen molar-refractivity contribution >= 4 is 76.9 Å². The van der Waals surface area contributed by atoms with Crippen LogP contribution in [-0.4, -0.2) is 46.5 Å². The molecule has 0 amide bonds. The van der Waals surface area contributed by atoms with Crippen molar-refractivity contribution in [2.24, 2.45) is 0 Å². The first-order valence-corrected chi connectivity index (χ1v) is 32.3. The highest BCUT2D eigenvalue weighted by Crippen LogP contribution is 2.27. The monoisotopic (exact) mass is 785 g/mol. The van der Waals surface area contributed by atoms with E-state index in [0.717, 1.165) is 12.5 Å². The first-order valence-electron chi connectivity index (χ1n) is 18.9. The van der Waals surface area contributed by atoms with Crippen LogP contribution in [0.1, 0.15) is 168 Å². The van der Waals surface area contributed by atoms with Crippen molar-refractivity contribution in [2.45, 2.75) is 201 Å². The Labute approximate surface area is 312 Å². The van der Waals surface area contributed by atoms with E-state index in [-0.39, 0.29) is 0 Å². The Hall–Kier alpha value is 1.80. The van der Waals surface area contributed by atoms with E-state index in [0.29, 0.717) is 0 Å². The third kappa shape index (κ3) is 72.6. The van der Waals surface area contributed by atoms with Gasteiger partial charge in [0.2, 0.25) is 0 Å². The van der Waals surface area contributed by atoms with Gasteiger partial charge in [-0.3, -0.25) is 0 Å². The molecule has 276 valence electrons. The van der Waals surface area contributed by atoms with Gasteiger partial charge in [0.05, 0.1) is 0 Å². The summed E-state index contributed by atoms with van der Waals surface area (Å²) in [6.45, 7) is 21.0. The van der Waals surface area contributed by atoms with Gasteiger partial charge in [0.15, 0.2) is 7.38 Å². The van der Waals surface area contributed by atoms with Crippen molar-refractivity contribution in [3.8, 4) is 0 Å². The second-order valence-corrected chi connectivity index (χ2v) is 33.9. The molecule has 0 aromatic rings. The van der Waals surface area contributed by atoms with E-state index in [1.165, 1.54) is 154 Å². The van der Waals surface area contributed by atoms with Gasteiger partial charge in [-0.15, -0.1) is 39.8 Å². The average Bonchev–Trinajstić information content (AvgIpc) is 2.95. The lowest BCUT2D eigenvalue weighted by Gasteiger charge is -2.12. The molecule has 0 spiro atoms. The van der Waals surface area contributed by atoms with Gasteiger partial charge >= 0.3 is 6.00 Å². The predicted octanol–water partition coefficient (Wildman–Crippen LogP) is 16.0. The van der Waals surface area contributed by atoms with Crippen molar-refractivity contribution in [1.29, 1.82) is 0 Å². The Kier molecular flexibility index (Phi) is 50.0. The Morgan fingerprint density at radius 2 is 0.800 bits per heavy atom. The van der Waals surface area contributed by atoms with E-state index in [9.17, 15) is 0 Å². The Balaban J connectivity index is -0.000000293. The van der Waals surface area contributed by atoms with Crippen molar-refractivity contribution in [1.82, 2.24) is 4.90 Å². The topological polar surface area (TPSA) is 3.24 Å². The van der Waals surface area contributed by atoms with Crippen LogP contribution in [0.3, 0.4) is 0 Å². The molecule has 0 saturated heterocycles. The van der Waals surface area contributed by atoms with E-state index in [1.807, 2.05) is 18.8 Å². The van der Waals surface area contributed by atoms with E-state index in [1.54, 1.807) is 0 Å². The lowest BCUT2D eigenvalue weighted by molar-refractivity contribution is 0.340. The van der Waals surface area contributed by atoms with Gasteiger partial charge in [0, 0.05) is 0 Å². The number of unbranched alkanes of at least 4 members (excludes halogenated alkanes) is 21. The Morgan fingerprint density at radius 1 is 0.556 bits per heavy atom. The van der Waals surface area contributed by atoms with Gasteiger partial charge in [-0.05, 0) is 32.6 Å². The molecule has 0 rings (SSSR count). The molecule has 1 nitrogen and oxygen atoms in total. The molecule has 9 heteroatoms. The average molecular weight is 789 g/mol. The second kappa shape index (κ2) is 42.0. The van der Waals surface area contributed by atoms with Crippen LogP contribution in [0.25, 0.3) is 0 Å². The third-order valence-corrected chi connectivity index (χ3v) is 11.5. The molecule has 0 unspecified atom stereocenters. The highest BCUT2D eigenvalue weighted by Gasteiger charge is 2.23. The van der Waals surface area contributed by atoms with Crippen LogP contribution in [0.2, 0.25) is 32.2 Å². The number of hydrogen-bond acceptors (Lipinski definition) is 1. The van der Waals surface area contributed by atoms with Crippen LogP contribution in [-0.2, 0) is 0 Å². The molecule has 0 N–H and O–H groups in total. The quantitative estimate of drug-likeness (QED) is 0.0455. The first kappa shape index (κ1) is 53.6. The molecule has 0 heterocycles. The molecule has 0 aliphatic carbocycles. The van der Waals surface area contributed by atoms with Gasteiger partial charge in [-0.2, -0.15) is 22.2 Å². The highest BCUT2D eigenvalue weighted by atomic mass is 35.8. The fraction of sp³-hybridized carbons (Fsp3) is 0.944. The zero-order valence-electron chi connectivity index (χ0n) is 31.6. The summed E-state index contributed by atoms with van der Waals surface area (Å²) in [4.78, 5) is 2.42.